The molecule has 31 heavy (non-hydrogen) atoms. The number of hydrogen-bond acceptors (Lipinski definition) is 4. The number of hydrogen-bond donors (Lipinski definition) is 0. The van der Waals surface area contributed by atoms with Gasteiger partial charge in [-0.15, -0.1) is 0 Å². The van der Waals surface area contributed by atoms with E-state index in [0.29, 0.717) is 10.2 Å². The Labute approximate surface area is 192 Å². The summed E-state index contributed by atoms with van der Waals surface area (Å²) >= 11 is 7.36. The lowest BCUT2D eigenvalue weighted by molar-refractivity contribution is -0.117. The molecular weight excluding hydrogens is 452 g/mol. The van der Waals surface area contributed by atoms with Crippen LogP contribution in [0.4, 0.5) is 5.69 Å². The van der Waals surface area contributed by atoms with Crippen LogP contribution in [0.25, 0.3) is 0 Å². The highest BCUT2D eigenvalue weighted by Gasteiger charge is 2.50. The molecule has 0 unspecified atom stereocenters. The quantitative estimate of drug-likeness (QED) is 0.643. The fourth-order valence-electron chi connectivity index (χ4n) is 4.27. The lowest BCUT2D eigenvalue weighted by atomic mass is 10.0. The summed E-state index contributed by atoms with van der Waals surface area (Å²) in [4.78, 5) is 19.3. The van der Waals surface area contributed by atoms with Gasteiger partial charge in [-0.05, 0) is 41.7 Å². The number of para-hydroxylation sites is 1. The maximum Gasteiger partial charge on any atom is 0.252 e. The van der Waals surface area contributed by atoms with Crippen molar-refractivity contribution in [2.45, 2.75) is 44.4 Å². The molecule has 2 aliphatic rings. The number of fused-ring (bicyclic) bond motifs is 1. The summed E-state index contributed by atoms with van der Waals surface area (Å²) in [7, 11) is -3.11. The van der Waals surface area contributed by atoms with Crippen molar-refractivity contribution in [1.29, 1.82) is 0 Å². The third-order valence-corrected chi connectivity index (χ3v) is 9.22. The van der Waals surface area contributed by atoms with Crippen molar-refractivity contribution < 1.29 is 13.2 Å². The summed E-state index contributed by atoms with van der Waals surface area (Å²) in [6, 6.07) is 13.1. The number of amides is 1. The summed E-state index contributed by atoms with van der Waals surface area (Å²) in [5.41, 5.74) is 4.15. The van der Waals surface area contributed by atoms with Crippen LogP contribution in [-0.4, -0.2) is 42.3 Å². The second kappa shape index (κ2) is 8.96. The average molecular weight is 477 g/mol. The van der Waals surface area contributed by atoms with Crippen molar-refractivity contribution >= 4 is 50.0 Å². The maximum atomic E-state index is 12.8. The van der Waals surface area contributed by atoms with Gasteiger partial charge in [-0.1, -0.05) is 67.5 Å². The molecule has 0 spiro atoms. The second-order valence-corrected chi connectivity index (χ2v) is 11.7. The molecule has 2 aromatic carbocycles. The fourth-order valence-corrected chi connectivity index (χ4v) is 8.32. The average Bonchev–Trinajstić information content (AvgIpc) is 3.19. The van der Waals surface area contributed by atoms with Crippen LogP contribution in [0.3, 0.4) is 0 Å². The van der Waals surface area contributed by atoms with E-state index >= 15 is 0 Å². The third kappa shape index (κ3) is 4.69. The molecule has 0 saturated carbocycles. The number of amidine groups is 1. The van der Waals surface area contributed by atoms with Gasteiger partial charge in [0.25, 0.3) is 5.91 Å². The molecule has 0 bridgehead atoms. The fraction of sp³-hybridized carbons (Fsp3) is 0.391. The van der Waals surface area contributed by atoms with Crippen molar-refractivity contribution in [2.24, 2.45) is 4.99 Å². The molecule has 1 amide bonds. The lowest BCUT2D eigenvalue weighted by Crippen LogP contribution is -2.39. The van der Waals surface area contributed by atoms with E-state index in [-0.39, 0.29) is 35.1 Å². The first kappa shape index (κ1) is 22.4. The molecule has 0 aromatic heterocycles. The predicted octanol–water partition coefficient (Wildman–Crippen LogP) is 4.31. The molecule has 0 N–H and O–H groups in total. The molecule has 2 fully saturated rings. The molecule has 0 radical (unpaired) electrons. The van der Waals surface area contributed by atoms with E-state index < -0.39 is 9.84 Å². The number of rotatable bonds is 5. The summed E-state index contributed by atoms with van der Waals surface area (Å²) in [5.74, 6) is -0.0282. The van der Waals surface area contributed by atoms with E-state index in [1.165, 1.54) is 11.8 Å². The monoisotopic (exact) mass is 476 g/mol. The first-order chi connectivity index (χ1) is 14.8. The molecule has 2 aromatic rings. The minimum absolute atomic E-state index is 0.0935. The Bertz CT molecular complexity index is 1110. The predicted molar refractivity (Wildman–Crippen MR) is 129 cm³/mol. The van der Waals surface area contributed by atoms with Crippen LogP contribution in [0.2, 0.25) is 5.02 Å². The molecule has 2 heterocycles. The first-order valence-corrected chi connectivity index (χ1v) is 13.5. The van der Waals surface area contributed by atoms with Crippen LogP contribution >= 0.6 is 23.4 Å². The minimum atomic E-state index is -3.11. The summed E-state index contributed by atoms with van der Waals surface area (Å²) in [6.07, 6.45) is 1.82. The van der Waals surface area contributed by atoms with Gasteiger partial charge in [-0.25, -0.2) is 8.42 Å². The Kier molecular flexibility index (Phi) is 6.47. The van der Waals surface area contributed by atoms with E-state index in [4.69, 9.17) is 11.6 Å². The van der Waals surface area contributed by atoms with Gasteiger partial charge in [-0.2, -0.15) is 4.99 Å². The van der Waals surface area contributed by atoms with Gasteiger partial charge in [0.2, 0.25) is 0 Å². The molecule has 8 heteroatoms. The number of aliphatic imine (C=N–C) groups is 1. The van der Waals surface area contributed by atoms with Crippen LogP contribution in [0.15, 0.2) is 47.5 Å². The topological polar surface area (TPSA) is 66.8 Å². The van der Waals surface area contributed by atoms with Crippen molar-refractivity contribution in [1.82, 2.24) is 0 Å². The highest BCUT2D eigenvalue weighted by Crippen LogP contribution is 2.43. The number of anilines is 1. The molecule has 4 rings (SSSR count). The summed E-state index contributed by atoms with van der Waals surface area (Å²) < 4.78 is 24.7. The number of thioether (sulfide) groups is 1. The van der Waals surface area contributed by atoms with E-state index in [1.54, 1.807) is 12.1 Å². The summed E-state index contributed by atoms with van der Waals surface area (Å²) in [6.45, 7) is 4.18. The van der Waals surface area contributed by atoms with Crippen LogP contribution in [0.5, 0.6) is 0 Å². The minimum Gasteiger partial charge on any atom is -0.315 e. The Morgan fingerprint density at radius 1 is 1.10 bits per heavy atom. The molecule has 2 aliphatic heterocycles. The van der Waals surface area contributed by atoms with E-state index in [9.17, 15) is 13.2 Å². The Morgan fingerprint density at radius 2 is 1.74 bits per heavy atom. The zero-order chi connectivity index (χ0) is 22.2. The number of carbonyl (C=O) groups excluding carboxylic acids is 1. The Morgan fingerprint density at radius 3 is 2.35 bits per heavy atom. The van der Waals surface area contributed by atoms with Crippen molar-refractivity contribution in [3.05, 3.63) is 64.2 Å². The second-order valence-electron chi connectivity index (χ2n) is 7.89. The van der Waals surface area contributed by atoms with Crippen LogP contribution in [0, 0.1) is 0 Å². The van der Waals surface area contributed by atoms with Crippen LogP contribution in [-0.2, 0) is 33.9 Å². The highest BCUT2D eigenvalue weighted by atomic mass is 35.5. The van der Waals surface area contributed by atoms with Gasteiger partial charge in [0.15, 0.2) is 15.0 Å². The van der Waals surface area contributed by atoms with Gasteiger partial charge < -0.3 is 4.90 Å². The molecule has 2 atom stereocenters. The van der Waals surface area contributed by atoms with Crippen molar-refractivity contribution in [2.75, 3.05) is 16.4 Å². The van der Waals surface area contributed by atoms with Gasteiger partial charge in [0, 0.05) is 16.0 Å². The van der Waals surface area contributed by atoms with Gasteiger partial charge in [0.1, 0.15) is 0 Å². The number of carbonyl (C=O) groups is 1. The van der Waals surface area contributed by atoms with E-state index in [0.717, 1.165) is 35.2 Å². The van der Waals surface area contributed by atoms with Crippen molar-refractivity contribution in [3.8, 4) is 0 Å². The largest absolute Gasteiger partial charge is 0.315 e. The normalized spacial score (nSPS) is 23.3. The smallest absolute Gasteiger partial charge is 0.252 e. The lowest BCUT2D eigenvalue weighted by Gasteiger charge is -2.29. The van der Waals surface area contributed by atoms with Crippen LogP contribution < -0.4 is 4.90 Å². The number of halogens is 1. The first-order valence-electron chi connectivity index (χ1n) is 10.4. The van der Waals surface area contributed by atoms with E-state index in [1.807, 2.05) is 23.1 Å². The van der Waals surface area contributed by atoms with Gasteiger partial charge in [-0.3, -0.25) is 4.79 Å². The molecular formula is C23H25ClN2O3S2. The molecule has 164 valence electrons. The van der Waals surface area contributed by atoms with Crippen molar-refractivity contribution in [3.63, 3.8) is 0 Å². The van der Waals surface area contributed by atoms with Gasteiger partial charge >= 0.3 is 0 Å². The zero-order valence-corrected chi connectivity index (χ0v) is 19.9. The Hall–Kier alpha value is -1.83. The number of benzene rings is 2. The zero-order valence-electron chi connectivity index (χ0n) is 17.5. The highest BCUT2D eigenvalue weighted by molar-refractivity contribution is 8.16. The number of sulfone groups is 1. The molecule has 2 saturated heterocycles. The summed E-state index contributed by atoms with van der Waals surface area (Å²) in [5, 5.41) is 1.12. The standard InChI is InChI=1S/C23H25ClN2O3S2/c1-3-16-6-5-7-17(4-2)22(16)26-19-13-31(28,29)14-20(19)30-23(26)25-21(27)12-15-8-10-18(24)11-9-15/h5-11,19-20H,3-4,12-14H2,1-2H3/t19-,20+/m1/s1. The third-order valence-electron chi connectivity index (χ3n) is 5.76. The number of nitrogens with zero attached hydrogens (tertiary/aromatic N) is 2. The van der Waals surface area contributed by atoms with E-state index in [2.05, 4.69) is 31.0 Å². The van der Waals surface area contributed by atoms with Gasteiger partial charge in [0.05, 0.1) is 24.0 Å². The molecule has 0 aliphatic carbocycles. The molecule has 5 nitrogen and oxygen atoms in total. The van der Waals surface area contributed by atoms with Crippen LogP contribution in [0.1, 0.15) is 30.5 Å². The SMILES string of the molecule is CCc1cccc(CC)c1N1C(=NC(=O)Cc2ccc(Cl)cc2)S[C@H]2CS(=O)(=O)C[C@H]21. The Balaban J connectivity index is 1.73. The number of aryl methyl sites for hydroxylation is 2. The maximum absolute atomic E-state index is 12.8.